The molecule has 0 saturated carbocycles. The third-order valence-corrected chi connectivity index (χ3v) is 4.41. The molecule has 0 spiro atoms. The van der Waals surface area contributed by atoms with Gasteiger partial charge in [0.15, 0.2) is 0 Å². The van der Waals surface area contributed by atoms with Crippen LogP contribution in [-0.2, 0) is 14.3 Å². The molecular weight excluding hydrogens is 240 g/mol. The molecule has 19 heavy (non-hydrogen) atoms. The molecule has 0 aromatic carbocycles. The second kappa shape index (κ2) is 6.25. The lowest BCUT2D eigenvalue weighted by Gasteiger charge is -2.44. The number of rotatable bonds is 6. The minimum absolute atomic E-state index is 0.115. The van der Waals surface area contributed by atoms with Gasteiger partial charge in [-0.1, -0.05) is 34.6 Å². The maximum absolute atomic E-state index is 12.7. The SMILES string of the molecule is COCCC(C)(C)OC(=O)C(C)(C(C)C)C(C)(C)C. The molecule has 0 heterocycles. The van der Waals surface area contributed by atoms with Crippen molar-refractivity contribution >= 4 is 5.97 Å². The molecule has 1 atom stereocenters. The quantitative estimate of drug-likeness (QED) is 0.684. The third-order valence-electron chi connectivity index (χ3n) is 4.41. The molecule has 0 amide bonds. The average molecular weight is 272 g/mol. The van der Waals surface area contributed by atoms with Crippen LogP contribution >= 0.6 is 0 Å². The van der Waals surface area contributed by atoms with E-state index in [-0.39, 0.29) is 17.3 Å². The standard InChI is InChI=1S/C16H32O3/c1-12(2)16(8,14(3,4)5)13(17)19-15(6,7)10-11-18-9/h12H,10-11H2,1-9H3. The van der Waals surface area contributed by atoms with Gasteiger partial charge in [-0.2, -0.15) is 0 Å². The Hall–Kier alpha value is -0.570. The maximum Gasteiger partial charge on any atom is 0.313 e. The zero-order valence-corrected chi connectivity index (χ0v) is 14.2. The molecule has 0 aliphatic heterocycles. The van der Waals surface area contributed by atoms with Crippen LogP contribution in [0, 0.1) is 16.7 Å². The molecule has 0 saturated heterocycles. The molecule has 114 valence electrons. The lowest BCUT2D eigenvalue weighted by Crippen LogP contribution is -2.48. The molecule has 0 rings (SSSR count). The van der Waals surface area contributed by atoms with Gasteiger partial charge in [-0.3, -0.25) is 4.79 Å². The zero-order chi connectivity index (χ0) is 15.5. The topological polar surface area (TPSA) is 35.5 Å². The summed E-state index contributed by atoms with van der Waals surface area (Å²) in [5.74, 6) is 0.106. The highest BCUT2D eigenvalue weighted by Gasteiger charge is 2.49. The van der Waals surface area contributed by atoms with Crippen molar-refractivity contribution in [2.24, 2.45) is 16.7 Å². The lowest BCUT2D eigenvalue weighted by atomic mass is 9.61. The van der Waals surface area contributed by atoms with Gasteiger partial charge in [0.05, 0.1) is 5.41 Å². The number of ether oxygens (including phenoxy) is 2. The Morgan fingerprint density at radius 3 is 1.84 bits per heavy atom. The second-order valence-corrected chi connectivity index (χ2v) is 7.50. The van der Waals surface area contributed by atoms with Crippen LogP contribution in [0.4, 0.5) is 0 Å². The molecule has 0 radical (unpaired) electrons. The van der Waals surface area contributed by atoms with Gasteiger partial charge in [-0.05, 0) is 32.1 Å². The first-order valence-corrected chi connectivity index (χ1v) is 7.11. The highest BCUT2D eigenvalue weighted by atomic mass is 16.6. The average Bonchev–Trinajstić information content (AvgIpc) is 2.22. The van der Waals surface area contributed by atoms with E-state index in [0.29, 0.717) is 13.0 Å². The van der Waals surface area contributed by atoms with Gasteiger partial charge < -0.3 is 9.47 Å². The minimum atomic E-state index is -0.503. The Bertz CT molecular complexity index is 300. The van der Waals surface area contributed by atoms with Crippen LogP contribution in [-0.4, -0.2) is 25.3 Å². The highest BCUT2D eigenvalue weighted by molar-refractivity contribution is 5.78. The van der Waals surface area contributed by atoms with E-state index in [4.69, 9.17) is 9.47 Å². The Balaban J connectivity index is 5.06. The minimum Gasteiger partial charge on any atom is -0.459 e. The molecule has 0 fully saturated rings. The van der Waals surface area contributed by atoms with E-state index in [1.807, 2.05) is 20.8 Å². The molecule has 0 aliphatic rings. The number of esters is 1. The van der Waals surface area contributed by atoms with Crippen LogP contribution in [0.1, 0.15) is 61.8 Å². The third kappa shape index (κ3) is 4.48. The highest BCUT2D eigenvalue weighted by Crippen LogP contribution is 2.46. The van der Waals surface area contributed by atoms with E-state index in [9.17, 15) is 4.79 Å². The normalized spacial score (nSPS) is 16.3. The van der Waals surface area contributed by atoms with Crippen molar-refractivity contribution in [2.45, 2.75) is 67.4 Å². The van der Waals surface area contributed by atoms with Gasteiger partial charge in [0.2, 0.25) is 0 Å². The van der Waals surface area contributed by atoms with E-state index in [1.165, 1.54) is 0 Å². The van der Waals surface area contributed by atoms with Gasteiger partial charge in [0.1, 0.15) is 5.60 Å². The van der Waals surface area contributed by atoms with E-state index in [1.54, 1.807) is 7.11 Å². The van der Waals surface area contributed by atoms with Gasteiger partial charge in [-0.25, -0.2) is 0 Å². The predicted molar refractivity (Wildman–Crippen MR) is 79.1 cm³/mol. The number of hydrogen-bond acceptors (Lipinski definition) is 3. The Labute approximate surface area is 119 Å². The van der Waals surface area contributed by atoms with Crippen LogP contribution in [0.5, 0.6) is 0 Å². The summed E-state index contributed by atoms with van der Waals surface area (Å²) in [5.41, 5.74) is -1.14. The summed E-state index contributed by atoms with van der Waals surface area (Å²) in [6.07, 6.45) is 0.702. The summed E-state index contributed by atoms with van der Waals surface area (Å²) in [6, 6.07) is 0. The first-order chi connectivity index (χ1) is 8.38. The summed E-state index contributed by atoms with van der Waals surface area (Å²) >= 11 is 0. The van der Waals surface area contributed by atoms with Crippen LogP contribution in [0.3, 0.4) is 0 Å². The van der Waals surface area contributed by atoms with Crippen LogP contribution in [0.15, 0.2) is 0 Å². The van der Waals surface area contributed by atoms with Crippen LogP contribution in [0.2, 0.25) is 0 Å². The zero-order valence-electron chi connectivity index (χ0n) is 14.2. The van der Waals surface area contributed by atoms with Crippen molar-refractivity contribution in [3.8, 4) is 0 Å². The largest absolute Gasteiger partial charge is 0.459 e. The molecule has 0 aliphatic carbocycles. The Morgan fingerprint density at radius 2 is 1.53 bits per heavy atom. The summed E-state index contributed by atoms with van der Waals surface area (Å²) in [5, 5.41) is 0. The first kappa shape index (κ1) is 18.4. The van der Waals surface area contributed by atoms with E-state index in [0.717, 1.165) is 0 Å². The van der Waals surface area contributed by atoms with E-state index < -0.39 is 11.0 Å². The number of carbonyl (C=O) groups is 1. The van der Waals surface area contributed by atoms with Crippen molar-refractivity contribution in [1.29, 1.82) is 0 Å². The molecule has 0 bridgehead atoms. The van der Waals surface area contributed by atoms with Crippen molar-refractivity contribution in [2.75, 3.05) is 13.7 Å². The summed E-state index contributed by atoms with van der Waals surface area (Å²) in [7, 11) is 1.66. The van der Waals surface area contributed by atoms with Crippen LogP contribution < -0.4 is 0 Å². The maximum atomic E-state index is 12.7. The molecule has 1 unspecified atom stereocenters. The molecule has 3 nitrogen and oxygen atoms in total. The molecule has 0 N–H and O–H groups in total. The predicted octanol–water partition coefficient (Wildman–Crippen LogP) is 4.05. The van der Waals surface area contributed by atoms with Crippen molar-refractivity contribution < 1.29 is 14.3 Å². The fourth-order valence-corrected chi connectivity index (χ4v) is 2.16. The van der Waals surface area contributed by atoms with Crippen LogP contribution in [0.25, 0.3) is 0 Å². The monoisotopic (exact) mass is 272 g/mol. The van der Waals surface area contributed by atoms with Gasteiger partial charge in [-0.15, -0.1) is 0 Å². The van der Waals surface area contributed by atoms with E-state index >= 15 is 0 Å². The summed E-state index contributed by atoms with van der Waals surface area (Å²) in [4.78, 5) is 12.7. The van der Waals surface area contributed by atoms with E-state index in [2.05, 4.69) is 34.6 Å². The molecule has 0 aromatic heterocycles. The molecule has 0 aromatic rings. The fraction of sp³-hybridized carbons (Fsp3) is 0.938. The number of hydrogen-bond donors (Lipinski definition) is 0. The smallest absolute Gasteiger partial charge is 0.313 e. The molecule has 3 heteroatoms. The second-order valence-electron chi connectivity index (χ2n) is 7.50. The van der Waals surface area contributed by atoms with Gasteiger partial charge in [0.25, 0.3) is 0 Å². The number of methoxy groups -OCH3 is 1. The summed E-state index contributed by atoms with van der Waals surface area (Å²) < 4.78 is 10.8. The number of carbonyl (C=O) groups excluding carboxylic acids is 1. The van der Waals surface area contributed by atoms with Gasteiger partial charge in [0, 0.05) is 20.1 Å². The van der Waals surface area contributed by atoms with Crippen molar-refractivity contribution in [1.82, 2.24) is 0 Å². The lowest BCUT2D eigenvalue weighted by molar-refractivity contribution is -0.180. The van der Waals surface area contributed by atoms with Crippen molar-refractivity contribution in [3.05, 3.63) is 0 Å². The fourth-order valence-electron chi connectivity index (χ4n) is 2.16. The Morgan fingerprint density at radius 1 is 1.05 bits per heavy atom. The van der Waals surface area contributed by atoms with Crippen molar-refractivity contribution in [3.63, 3.8) is 0 Å². The summed E-state index contributed by atoms with van der Waals surface area (Å²) in [6.45, 7) is 16.9. The molecular formula is C16H32O3. The van der Waals surface area contributed by atoms with Gasteiger partial charge >= 0.3 is 5.97 Å². The first-order valence-electron chi connectivity index (χ1n) is 7.11. The Kier molecular flexibility index (Phi) is 6.07.